The molecule has 0 aliphatic carbocycles. The number of hydrogen-bond acceptors (Lipinski definition) is 3. The van der Waals surface area contributed by atoms with Crippen molar-refractivity contribution in [3.05, 3.63) is 29.8 Å². The van der Waals surface area contributed by atoms with Gasteiger partial charge in [-0.05, 0) is 37.6 Å². The Morgan fingerprint density at radius 2 is 2.21 bits per heavy atom. The first-order valence-corrected chi connectivity index (χ1v) is 8.36. The van der Waals surface area contributed by atoms with Crippen LogP contribution in [0, 0.1) is 5.92 Å². The fourth-order valence-electron chi connectivity index (χ4n) is 3.35. The third kappa shape index (κ3) is 2.99. The van der Waals surface area contributed by atoms with Crippen LogP contribution in [0.4, 0.5) is 0 Å². The first-order chi connectivity index (χ1) is 9.24. The Balaban J connectivity index is 1.56. The SMILES string of the molecule is CC1CN(C)CCC1NCC1CSc2ccccc21. The number of thioether (sulfide) groups is 1. The minimum Gasteiger partial charge on any atom is -0.313 e. The molecule has 2 nitrogen and oxygen atoms in total. The van der Waals surface area contributed by atoms with Crippen molar-refractivity contribution < 1.29 is 0 Å². The van der Waals surface area contributed by atoms with Crippen LogP contribution >= 0.6 is 11.8 Å². The minimum absolute atomic E-state index is 0.702. The Morgan fingerprint density at radius 1 is 1.37 bits per heavy atom. The Labute approximate surface area is 121 Å². The van der Waals surface area contributed by atoms with E-state index >= 15 is 0 Å². The van der Waals surface area contributed by atoms with E-state index in [2.05, 4.69) is 48.5 Å². The highest BCUT2D eigenvalue weighted by atomic mass is 32.2. The van der Waals surface area contributed by atoms with Gasteiger partial charge in [0.1, 0.15) is 0 Å². The van der Waals surface area contributed by atoms with Gasteiger partial charge in [-0.3, -0.25) is 0 Å². The van der Waals surface area contributed by atoms with E-state index in [1.807, 2.05) is 11.8 Å². The lowest BCUT2D eigenvalue weighted by molar-refractivity contribution is 0.174. The van der Waals surface area contributed by atoms with Crippen LogP contribution in [0.25, 0.3) is 0 Å². The summed E-state index contributed by atoms with van der Waals surface area (Å²) >= 11 is 2.02. The van der Waals surface area contributed by atoms with E-state index in [9.17, 15) is 0 Å². The highest BCUT2D eigenvalue weighted by molar-refractivity contribution is 7.99. The predicted octanol–water partition coefficient (Wildman–Crippen LogP) is 2.81. The maximum absolute atomic E-state index is 3.83. The largest absolute Gasteiger partial charge is 0.313 e. The van der Waals surface area contributed by atoms with Gasteiger partial charge in [-0.2, -0.15) is 0 Å². The van der Waals surface area contributed by atoms with Crippen LogP contribution in [-0.4, -0.2) is 43.4 Å². The maximum atomic E-state index is 3.83. The van der Waals surface area contributed by atoms with Gasteiger partial charge in [0, 0.05) is 35.7 Å². The molecule has 1 fully saturated rings. The standard InChI is InChI=1S/C16H24N2S/c1-12-10-18(2)8-7-15(12)17-9-13-11-19-16-6-4-3-5-14(13)16/h3-6,12-13,15,17H,7-11H2,1-2H3. The average Bonchev–Trinajstić information content (AvgIpc) is 2.81. The van der Waals surface area contributed by atoms with Crippen molar-refractivity contribution in [1.82, 2.24) is 10.2 Å². The molecule has 1 aromatic rings. The predicted molar refractivity (Wildman–Crippen MR) is 83.0 cm³/mol. The summed E-state index contributed by atoms with van der Waals surface area (Å²) in [5.74, 6) is 2.71. The summed E-state index contributed by atoms with van der Waals surface area (Å²) in [6.07, 6.45) is 1.29. The van der Waals surface area contributed by atoms with Gasteiger partial charge in [0.25, 0.3) is 0 Å². The molecule has 19 heavy (non-hydrogen) atoms. The summed E-state index contributed by atoms with van der Waals surface area (Å²) in [6, 6.07) is 9.60. The lowest BCUT2D eigenvalue weighted by Crippen LogP contribution is -2.47. The van der Waals surface area contributed by atoms with Gasteiger partial charge >= 0.3 is 0 Å². The smallest absolute Gasteiger partial charge is 0.0117 e. The maximum Gasteiger partial charge on any atom is 0.0117 e. The molecule has 0 amide bonds. The van der Waals surface area contributed by atoms with E-state index in [4.69, 9.17) is 0 Å². The molecule has 3 rings (SSSR count). The normalized spacial score (nSPS) is 31.4. The molecule has 0 spiro atoms. The second-order valence-electron chi connectivity index (χ2n) is 6.09. The molecule has 1 N–H and O–H groups in total. The monoisotopic (exact) mass is 276 g/mol. The lowest BCUT2D eigenvalue weighted by Gasteiger charge is -2.36. The van der Waals surface area contributed by atoms with Crippen LogP contribution in [0.2, 0.25) is 0 Å². The summed E-state index contributed by atoms with van der Waals surface area (Å²) in [5.41, 5.74) is 1.56. The number of fused-ring (bicyclic) bond motifs is 1. The molecule has 0 radical (unpaired) electrons. The third-order valence-electron chi connectivity index (χ3n) is 4.53. The van der Waals surface area contributed by atoms with E-state index in [-0.39, 0.29) is 0 Å². The Bertz CT molecular complexity index is 435. The van der Waals surface area contributed by atoms with Gasteiger partial charge in [-0.15, -0.1) is 11.8 Å². The van der Waals surface area contributed by atoms with Crippen LogP contribution in [0.1, 0.15) is 24.8 Å². The first kappa shape index (κ1) is 13.5. The molecule has 0 aromatic heterocycles. The van der Waals surface area contributed by atoms with Crippen LogP contribution in [0.3, 0.4) is 0 Å². The van der Waals surface area contributed by atoms with E-state index in [1.165, 1.54) is 30.2 Å². The first-order valence-electron chi connectivity index (χ1n) is 7.37. The van der Waals surface area contributed by atoms with Crippen molar-refractivity contribution in [2.45, 2.75) is 30.2 Å². The molecule has 1 aromatic carbocycles. The minimum atomic E-state index is 0.702. The molecule has 0 bridgehead atoms. The van der Waals surface area contributed by atoms with E-state index < -0.39 is 0 Å². The quantitative estimate of drug-likeness (QED) is 0.914. The highest BCUT2D eigenvalue weighted by Crippen LogP contribution is 2.38. The lowest BCUT2D eigenvalue weighted by atomic mass is 9.93. The van der Waals surface area contributed by atoms with Crippen LogP contribution in [0.15, 0.2) is 29.2 Å². The number of nitrogens with zero attached hydrogens (tertiary/aromatic N) is 1. The molecule has 2 aliphatic rings. The van der Waals surface area contributed by atoms with Crippen molar-refractivity contribution in [1.29, 1.82) is 0 Å². The number of nitrogens with one attached hydrogen (secondary N) is 1. The zero-order valence-corrected chi connectivity index (χ0v) is 12.7. The van der Waals surface area contributed by atoms with Gasteiger partial charge in [-0.1, -0.05) is 25.1 Å². The summed E-state index contributed by atoms with van der Waals surface area (Å²) < 4.78 is 0. The number of likely N-dealkylation sites (tertiary alicyclic amines) is 1. The van der Waals surface area contributed by atoms with E-state index in [0.717, 1.165) is 12.5 Å². The second-order valence-corrected chi connectivity index (χ2v) is 7.15. The second kappa shape index (κ2) is 5.86. The van der Waals surface area contributed by atoms with Gasteiger partial charge in [0.05, 0.1) is 0 Å². The summed E-state index contributed by atoms with van der Waals surface area (Å²) in [7, 11) is 2.23. The number of hydrogen-bond donors (Lipinski definition) is 1. The van der Waals surface area contributed by atoms with Gasteiger partial charge in [0.2, 0.25) is 0 Å². The molecular weight excluding hydrogens is 252 g/mol. The number of benzene rings is 1. The van der Waals surface area contributed by atoms with Crippen molar-refractivity contribution in [2.24, 2.45) is 5.92 Å². The summed E-state index contributed by atoms with van der Waals surface area (Å²) in [5, 5.41) is 3.83. The van der Waals surface area contributed by atoms with Gasteiger partial charge in [-0.25, -0.2) is 0 Å². The fraction of sp³-hybridized carbons (Fsp3) is 0.625. The Morgan fingerprint density at radius 3 is 3.05 bits per heavy atom. The highest BCUT2D eigenvalue weighted by Gasteiger charge is 2.27. The van der Waals surface area contributed by atoms with E-state index in [1.54, 1.807) is 5.56 Å². The molecule has 1 saturated heterocycles. The molecule has 0 saturated carbocycles. The van der Waals surface area contributed by atoms with E-state index in [0.29, 0.717) is 12.0 Å². The molecule has 3 unspecified atom stereocenters. The van der Waals surface area contributed by atoms with Gasteiger partial charge in [0.15, 0.2) is 0 Å². The molecule has 3 atom stereocenters. The number of piperidine rings is 1. The fourth-order valence-corrected chi connectivity index (χ4v) is 4.60. The van der Waals surface area contributed by atoms with Crippen molar-refractivity contribution in [3.8, 4) is 0 Å². The van der Waals surface area contributed by atoms with Crippen molar-refractivity contribution in [3.63, 3.8) is 0 Å². The average molecular weight is 276 g/mol. The molecule has 104 valence electrons. The van der Waals surface area contributed by atoms with Crippen molar-refractivity contribution in [2.75, 3.05) is 32.4 Å². The molecule has 3 heteroatoms. The zero-order valence-electron chi connectivity index (χ0n) is 11.9. The van der Waals surface area contributed by atoms with Crippen LogP contribution < -0.4 is 5.32 Å². The van der Waals surface area contributed by atoms with Crippen LogP contribution in [-0.2, 0) is 0 Å². The van der Waals surface area contributed by atoms with Crippen LogP contribution in [0.5, 0.6) is 0 Å². The Kier molecular flexibility index (Phi) is 4.15. The summed E-state index contributed by atoms with van der Waals surface area (Å²) in [4.78, 5) is 3.94. The third-order valence-corrected chi connectivity index (χ3v) is 5.79. The summed E-state index contributed by atoms with van der Waals surface area (Å²) in [6.45, 7) is 5.99. The molecular formula is C16H24N2S. The van der Waals surface area contributed by atoms with Crippen molar-refractivity contribution >= 4 is 11.8 Å². The molecule has 2 aliphatic heterocycles. The Hall–Kier alpha value is -0.510. The number of rotatable bonds is 3. The zero-order chi connectivity index (χ0) is 13.2. The topological polar surface area (TPSA) is 15.3 Å². The van der Waals surface area contributed by atoms with Gasteiger partial charge < -0.3 is 10.2 Å². The molecule has 2 heterocycles.